The van der Waals surface area contributed by atoms with Gasteiger partial charge in [-0.2, -0.15) is 0 Å². The van der Waals surface area contributed by atoms with Crippen molar-refractivity contribution >= 4 is 10.0 Å². The average Bonchev–Trinajstić information content (AvgIpc) is 2.35. The molecule has 1 unspecified atom stereocenters. The second kappa shape index (κ2) is 5.21. The smallest absolute Gasteiger partial charge is 0.261 e. The molecular formula is C15H19NO2S. The van der Waals surface area contributed by atoms with E-state index < -0.39 is 10.0 Å². The minimum absolute atomic E-state index is 0.198. The molecule has 1 aliphatic rings. The van der Waals surface area contributed by atoms with Gasteiger partial charge in [-0.15, -0.1) is 0 Å². The quantitative estimate of drug-likeness (QED) is 0.922. The van der Waals surface area contributed by atoms with E-state index in [9.17, 15) is 8.42 Å². The van der Waals surface area contributed by atoms with Crippen LogP contribution in [0.2, 0.25) is 0 Å². The maximum atomic E-state index is 12.3. The van der Waals surface area contributed by atoms with Crippen molar-refractivity contribution in [2.24, 2.45) is 5.92 Å². The Hall–Kier alpha value is -1.55. The third-order valence-corrected chi connectivity index (χ3v) is 4.69. The fourth-order valence-electron chi connectivity index (χ4n) is 2.46. The summed E-state index contributed by atoms with van der Waals surface area (Å²) in [6.45, 7) is 6.06. The highest BCUT2D eigenvalue weighted by Crippen LogP contribution is 2.28. The highest BCUT2D eigenvalue weighted by atomic mass is 32.2. The number of nitrogens with one attached hydrogen (secondary N) is 1. The largest absolute Gasteiger partial charge is 0.283 e. The van der Waals surface area contributed by atoms with Crippen LogP contribution in [0.15, 0.2) is 58.1 Å². The fourth-order valence-corrected chi connectivity index (χ4v) is 3.75. The molecule has 1 atom stereocenters. The van der Waals surface area contributed by atoms with Crippen LogP contribution in [-0.4, -0.2) is 8.42 Å². The number of hydrogen-bond donors (Lipinski definition) is 1. The van der Waals surface area contributed by atoms with Crippen molar-refractivity contribution in [3.8, 4) is 0 Å². The molecule has 1 N–H and O–H groups in total. The van der Waals surface area contributed by atoms with Gasteiger partial charge in [-0.25, -0.2) is 8.42 Å². The summed E-state index contributed by atoms with van der Waals surface area (Å²) in [5.74, 6) is 0.198. The van der Waals surface area contributed by atoms with Crippen LogP contribution in [0.5, 0.6) is 0 Å². The Morgan fingerprint density at radius 3 is 2.37 bits per heavy atom. The molecule has 1 aromatic rings. The van der Waals surface area contributed by atoms with E-state index in [0.29, 0.717) is 4.90 Å². The molecule has 3 nitrogen and oxygen atoms in total. The Balaban J connectivity index is 2.34. The van der Waals surface area contributed by atoms with Crippen molar-refractivity contribution < 1.29 is 8.42 Å². The zero-order valence-corrected chi connectivity index (χ0v) is 12.3. The molecule has 0 aromatic heterocycles. The lowest BCUT2D eigenvalue weighted by Gasteiger charge is -2.24. The van der Waals surface area contributed by atoms with E-state index in [-0.39, 0.29) is 5.92 Å². The van der Waals surface area contributed by atoms with Crippen LogP contribution in [-0.2, 0) is 10.0 Å². The molecule has 0 aliphatic heterocycles. The van der Waals surface area contributed by atoms with Gasteiger partial charge in [-0.05, 0) is 38.0 Å². The van der Waals surface area contributed by atoms with Crippen molar-refractivity contribution in [1.29, 1.82) is 0 Å². The Morgan fingerprint density at radius 2 is 1.79 bits per heavy atom. The van der Waals surface area contributed by atoms with Gasteiger partial charge in [0.05, 0.1) is 4.90 Å². The van der Waals surface area contributed by atoms with Gasteiger partial charge in [0.25, 0.3) is 10.0 Å². The lowest BCUT2D eigenvalue weighted by atomic mass is 9.90. The summed E-state index contributed by atoms with van der Waals surface area (Å²) < 4.78 is 27.4. The second-order valence-electron chi connectivity index (χ2n) is 5.11. The number of benzene rings is 1. The Labute approximate surface area is 115 Å². The maximum absolute atomic E-state index is 12.3. The average molecular weight is 277 g/mol. The Kier molecular flexibility index (Phi) is 3.80. The molecule has 1 aliphatic carbocycles. The molecule has 0 saturated heterocycles. The van der Waals surface area contributed by atoms with E-state index in [1.807, 2.05) is 19.9 Å². The summed E-state index contributed by atoms with van der Waals surface area (Å²) in [7, 11) is -3.48. The highest BCUT2D eigenvalue weighted by molar-refractivity contribution is 7.89. The molecule has 0 amide bonds. The molecular weight excluding hydrogens is 258 g/mol. The summed E-state index contributed by atoms with van der Waals surface area (Å²) in [6, 6.07) is 8.47. The van der Waals surface area contributed by atoms with Crippen LogP contribution < -0.4 is 4.72 Å². The zero-order valence-electron chi connectivity index (χ0n) is 11.5. The maximum Gasteiger partial charge on any atom is 0.261 e. The number of hydrogen-bond acceptors (Lipinski definition) is 2. The molecule has 0 saturated carbocycles. The van der Waals surface area contributed by atoms with Gasteiger partial charge in [0, 0.05) is 11.6 Å². The van der Waals surface area contributed by atoms with E-state index in [0.717, 1.165) is 17.7 Å². The predicted octanol–water partition coefficient (Wildman–Crippen LogP) is 3.23. The number of sulfonamides is 1. The van der Waals surface area contributed by atoms with Crippen molar-refractivity contribution in [2.45, 2.75) is 32.1 Å². The van der Waals surface area contributed by atoms with Crippen LogP contribution >= 0.6 is 0 Å². The summed E-state index contributed by atoms with van der Waals surface area (Å²) in [4.78, 5) is 0.300. The van der Waals surface area contributed by atoms with Crippen molar-refractivity contribution in [3.05, 3.63) is 53.3 Å². The van der Waals surface area contributed by atoms with Gasteiger partial charge in [0.2, 0.25) is 0 Å². The van der Waals surface area contributed by atoms with Gasteiger partial charge < -0.3 is 0 Å². The van der Waals surface area contributed by atoms with E-state index in [2.05, 4.69) is 11.6 Å². The summed E-state index contributed by atoms with van der Waals surface area (Å²) >= 11 is 0. The molecule has 1 aromatic carbocycles. The van der Waals surface area contributed by atoms with E-state index >= 15 is 0 Å². The molecule has 0 fully saturated rings. The van der Waals surface area contributed by atoms with Gasteiger partial charge in [0.1, 0.15) is 0 Å². The molecule has 0 heterocycles. The van der Waals surface area contributed by atoms with Gasteiger partial charge >= 0.3 is 0 Å². The summed E-state index contributed by atoms with van der Waals surface area (Å²) in [5, 5.41) is 0. The topological polar surface area (TPSA) is 46.2 Å². The van der Waals surface area contributed by atoms with E-state index in [1.54, 1.807) is 30.3 Å². The van der Waals surface area contributed by atoms with Gasteiger partial charge in [-0.3, -0.25) is 4.72 Å². The van der Waals surface area contributed by atoms with E-state index in [1.165, 1.54) is 5.57 Å². The fraction of sp³-hybridized carbons (Fsp3) is 0.333. The lowest BCUT2D eigenvalue weighted by molar-refractivity contribution is 0.570. The second-order valence-corrected chi connectivity index (χ2v) is 6.79. The highest BCUT2D eigenvalue weighted by Gasteiger charge is 2.22. The minimum Gasteiger partial charge on any atom is -0.283 e. The first-order valence-corrected chi connectivity index (χ1v) is 7.84. The zero-order chi connectivity index (χ0) is 14.0. The van der Waals surface area contributed by atoms with Crippen LogP contribution in [0.25, 0.3) is 0 Å². The summed E-state index contributed by atoms with van der Waals surface area (Å²) in [5.41, 5.74) is 3.08. The van der Waals surface area contributed by atoms with Crippen LogP contribution in [0, 0.1) is 5.92 Å². The summed E-state index contributed by atoms with van der Waals surface area (Å²) in [6.07, 6.45) is 2.94. The van der Waals surface area contributed by atoms with Gasteiger partial charge in [0.15, 0.2) is 0 Å². The minimum atomic E-state index is -3.48. The Morgan fingerprint density at radius 1 is 1.16 bits per heavy atom. The standard InChI is InChI=1S/C15H19NO2S/c1-11-9-12(2)15(13(3)10-11)16-19(17,18)14-7-5-4-6-8-14/h4-9,13,16H,10H2,1-3H3. The lowest BCUT2D eigenvalue weighted by Crippen LogP contribution is -2.28. The van der Waals surface area contributed by atoms with Crippen molar-refractivity contribution in [2.75, 3.05) is 0 Å². The molecule has 0 bridgehead atoms. The third kappa shape index (κ3) is 3.07. The molecule has 19 heavy (non-hydrogen) atoms. The first-order chi connectivity index (χ1) is 8.90. The predicted molar refractivity (Wildman–Crippen MR) is 77.0 cm³/mol. The number of allylic oxidation sites excluding steroid dienone is 4. The first kappa shape index (κ1) is 13.9. The van der Waals surface area contributed by atoms with Crippen molar-refractivity contribution in [3.63, 3.8) is 0 Å². The monoisotopic (exact) mass is 277 g/mol. The Bertz CT molecular complexity index is 627. The SMILES string of the molecule is CC1=CC(C)=C(NS(=O)(=O)c2ccccc2)C(C)C1. The molecule has 0 radical (unpaired) electrons. The molecule has 102 valence electrons. The number of rotatable bonds is 3. The molecule has 2 rings (SSSR count). The van der Waals surface area contributed by atoms with Crippen LogP contribution in [0.1, 0.15) is 27.2 Å². The molecule has 4 heteroatoms. The third-order valence-electron chi connectivity index (χ3n) is 3.31. The van der Waals surface area contributed by atoms with Crippen LogP contribution in [0.4, 0.5) is 0 Å². The van der Waals surface area contributed by atoms with Crippen LogP contribution in [0.3, 0.4) is 0 Å². The van der Waals surface area contributed by atoms with Gasteiger partial charge in [-0.1, -0.05) is 36.8 Å². The first-order valence-electron chi connectivity index (χ1n) is 6.36. The molecule has 0 spiro atoms. The van der Waals surface area contributed by atoms with E-state index in [4.69, 9.17) is 0 Å². The van der Waals surface area contributed by atoms with Crippen molar-refractivity contribution in [1.82, 2.24) is 4.72 Å². The normalized spacial score (nSPS) is 20.2.